The van der Waals surface area contributed by atoms with Crippen molar-refractivity contribution in [2.24, 2.45) is 5.73 Å². The normalized spacial score (nSPS) is 21.1. The van der Waals surface area contributed by atoms with Crippen molar-refractivity contribution in [2.45, 2.75) is 45.3 Å². The number of rotatable bonds is 3. The zero-order chi connectivity index (χ0) is 13.2. The molecule has 1 saturated heterocycles. The first kappa shape index (κ1) is 13.1. The highest BCUT2D eigenvalue weighted by Gasteiger charge is 2.21. The average Bonchev–Trinajstić information content (AvgIpc) is 2.79. The molecule has 1 atom stereocenters. The summed E-state index contributed by atoms with van der Waals surface area (Å²) in [5.74, 6) is 0. The minimum atomic E-state index is 0.664. The van der Waals surface area contributed by atoms with Gasteiger partial charge in [-0.25, -0.2) is 0 Å². The van der Waals surface area contributed by atoms with E-state index in [9.17, 15) is 0 Å². The summed E-state index contributed by atoms with van der Waals surface area (Å²) in [6.07, 6.45) is 4.05. The first-order valence-corrected chi connectivity index (χ1v) is 8.04. The van der Waals surface area contributed by atoms with Crippen LogP contribution in [0.3, 0.4) is 0 Å². The molecule has 0 saturated carbocycles. The van der Waals surface area contributed by atoms with Crippen LogP contribution in [0, 0.1) is 0 Å². The summed E-state index contributed by atoms with van der Waals surface area (Å²) < 4.78 is 1.38. The number of nitrogens with zero attached hydrogens (tertiary/aromatic N) is 1. The van der Waals surface area contributed by atoms with E-state index in [0.717, 1.165) is 6.54 Å². The lowest BCUT2D eigenvalue weighted by Crippen LogP contribution is -2.36. The predicted octanol–water partition coefficient (Wildman–Crippen LogP) is 3.73. The molecule has 1 aliphatic rings. The van der Waals surface area contributed by atoms with Gasteiger partial charge in [-0.2, -0.15) is 0 Å². The van der Waals surface area contributed by atoms with Crippen LogP contribution < -0.4 is 5.73 Å². The van der Waals surface area contributed by atoms with E-state index in [1.54, 1.807) is 0 Å². The predicted molar refractivity (Wildman–Crippen MR) is 83.4 cm³/mol. The molecule has 0 amide bonds. The SMILES string of the molecule is CC1CCCCN1Cc1c(CN)sc2ccccc12. The summed E-state index contributed by atoms with van der Waals surface area (Å²) >= 11 is 1.86. The van der Waals surface area contributed by atoms with Gasteiger partial charge in [0.15, 0.2) is 0 Å². The van der Waals surface area contributed by atoms with Crippen LogP contribution in [-0.4, -0.2) is 17.5 Å². The number of nitrogens with two attached hydrogens (primary N) is 1. The largest absolute Gasteiger partial charge is 0.326 e. The minimum Gasteiger partial charge on any atom is -0.326 e. The van der Waals surface area contributed by atoms with Gasteiger partial charge in [0.1, 0.15) is 0 Å². The summed E-state index contributed by atoms with van der Waals surface area (Å²) in [4.78, 5) is 3.98. The maximum Gasteiger partial charge on any atom is 0.0349 e. The Morgan fingerprint density at radius 3 is 2.95 bits per heavy atom. The second-order valence-corrected chi connectivity index (χ2v) is 6.66. The maximum absolute atomic E-state index is 5.95. The van der Waals surface area contributed by atoms with E-state index in [1.165, 1.54) is 46.3 Å². The zero-order valence-corrected chi connectivity index (χ0v) is 12.4. The highest BCUT2D eigenvalue weighted by atomic mass is 32.1. The van der Waals surface area contributed by atoms with Gasteiger partial charge >= 0.3 is 0 Å². The van der Waals surface area contributed by atoms with Gasteiger partial charge in [0, 0.05) is 28.7 Å². The zero-order valence-electron chi connectivity index (χ0n) is 11.6. The van der Waals surface area contributed by atoms with E-state index in [2.05, 4.69) is 36.1 Å². The Balaban J connectivity index is 1.94. The van der Waals surface area contributed by atoms with Crippen molar-refractivity contribution in [1.82, 2.24) is 4.90 Å². The number of piperidine rings is 1. The van der Waals surface area contributed by atoms with Crippen molar-refractivity contribution in [3.8, 4) is 0 Å². The number of hydrogen-bond acceptors (Lipinski definition) is 3. The Morgan fingerprint density at radius 2 is 2.16 bits per heavy atom. The van der Waals surface area contributed by atoms with E-state index >= 15 is 0 Å². The first-order chi connectivity index (χ1) is 9.29. The molecule has 2 heterocycles. The molecule has 0 spiro atoms. The molecule has 1 aromatic heterocycles. The molecule has 1 aromatic carbocycles. The van der Waals surface area contributed by atoms with Crippen LogP contribution in [-0.2, 0) is 13.1 Å². The first-order valence-electron chi connectivity index (χ1n) is 7.23. The lowest BCUT2D eigenvalue weighted by molar-refractivity contribution is 0.153. The maximum atomic E-state index is 5.95. The van der Waals surface area contributed by atoms with Gasteiger partial charge < -0.3 is 5.73 Å². The third-order valence-electron chi connectivity index (χ3n) is 4.27. The summed E-state index contributed by atoms with van der Waals surface area (Å²) in [7, 11) is 0. The number of thiophene rings is 1. The molecule has 1 fully saturated rings. The van der Waals surface area contributed by atoms with Crippen molar-refractivity contribution >= 4 is 21.4 Å². The van der Waals surface area contributed by atoms with Crippen LogP contribution >= 0.6 is 11.3 Å². The summed E-state index contributed by atoms with van der Waals surface area (Å²) in [5.41, 5.74) is 7.42. The minimum absolute atomic E-state index is 0.664. The van der Waals surface area contributed by atoms with Gasteiger partial charge in [-0.3, -0.25) is 4.90 Å². The molecule has 19 heavy (non-hydrogen) atoms. The highest BCUT2D eigenvalue weighted by Crippen LogP contribution is 2.33. The van der Waals surface area contributed by atoms with Crippen LogP contribution in [0.2, 0.25) is 0 Å². The van der Waals surface area contributed by atoms with Crippen molar-refractivity contribution in [3.05, 3.63) is 34.7 Å². The molecule has 0 aliphatic carbocycles. The van der Waals surface area contributed by atoms with Gasteiger partial charge in [-0.1, -0.05) is 24.6 Å². The average molecular weight is 274 g/mol. The molecule has 2 N–H and O–H groups in total. The second kappa shape index (κ2) is 5.61. The number of hydrogen-bond donors (Lipinski definition) is 1. The Morgan fingerprint density at radius 1 is 1.32 bits per heavy atom. The third-order valence-corrected chi connectivity index (χ3v) is 5.50. The van der Waals surface area contributed by atoms with Crippen molar-refractivity contribution in [1.29, 1.82) is 0 Å². The molecule has 2 nitrogen and oxygen atoms in total. The fraction of sp³-hybridized carbons (Fsp3) is 0.500. The Labute approximate surface area is 119 Å². The van der Waals surface area contributed by atoms with Crippen LogP contribution in [0.25, 0.3) is 10.1 Å². The molecule has 2 aromatic rings. The van der Waals surface area contributed by atoms with Crippen LogP contribution in [0.4, 0.5) is 0 Å². The van der Waals surface area contributed by atoms with Crippen molar-refractivity contribution < 1.29 is 0 Å². The number of likely N-dealkylation sites (tertiary alicyclic amines) is 1. The van der Waals surface area contributed by atoms with E-state index in [0.29, 0.717) is 12.6 Å². The number of fused-ring (bicyclic) bond motifs is 1. The fourth-order valence-corrected chi connectivity index (χ4v) is 4.18. The van der Waals surface area contributed by atoms with Crippen molar-refractivity contribution in [3.63, 3.8) is 0 Å². The van der Waals surface area contributed by atoms with Crippen LogP contribution in [0.5, 0.6) is 0 Å². The Hall–Kier alpha value is -0.900. The third kappa shape index (κ3) is 2.55. The highest BCUT2D eigenvalue weighted by molar-refractivity contribution is 7.19. The second-order valence-electron chi connectivity index (χ2n) is 5.52. The van der Waals surface area contributed by atoms with Gasteiger partial charge in [-0.05, 0) is 43.3 Å². The summed E-state index contributed by atoms with van der Waals surface area (Å²) in [6.45, 7) is 5.32. The van der Waals surface area contributed by atoms with Gasteiger partial charge in [-0.15, -0.1) is 11.3 Å². The van der Waals surface area contributed by atoms with Crippen molar-refractivity contribution in [2.75, 3.05) is 6.54 Å². The van der Waals surface area contributed by atoms with E-state index in [1.807, 2.05) is 11.3 Å². The molecule has 1 unspecified atom stereocenters. The molecular formula is C16H22N2S. The van der Waals surface area contributed by atoms with E-state index in [-0.39, 0.29) is 0 Å². The monoisotopic (exact) mass is 274 g/mol. The summed E-state index contributed by atoms with van der Waals surface area (Å²) in [5, 5.41) is 1.41. The van der Waals surface area contributed by atoms with Gasteiger partial charge in [0.2, 0.25) is 0 Å². The van der Waals surface area contributed by atoms with Crippen LogP contribution in [0.15, 0.2) is 24.3 Å². The lowest BCUT2D eigenvalue weighted by Gasteiger charge is -2.33. The van der Waals surface area contributed by atoms with Gasteiger partial charge in [0.25, 0.3) is 0 Å². The molecule has 3 rings (SSSR count). The van der Waals surface area contributed by atoms with Gasteiger partial charge in [0.05, 0.1) is 0 Å². The van der Waals surface area contributed by atoms with Crippen LogP contribution in [0.1, 0.15) is 36.6 Å². The Kier molecular flexibility index (Phi) is 3.87. The number of benzene rings is 1. The molecule has 3 heteroatoms. The van der Waals surface area contributed by atoms with E-state index in [4.69, 9.17) is 5.73 Å². The smallest absolute Gasteiger partial charge is 0.0349 e. The molecular weight excluding hydrogens is 252 g/mol. The summed E-state index contributed by atoms with van der Waals surface area (Å²) in [6, 6.07) is 9.42. The molecule has 0 bridgehead atoms. The Bertz CT molecular complexity index is 561. The van der Waals surface area contributed by atoms with E-state index < -0.39 is 0 Å². The topological polar surface area (TPSA) is 29.3 Å². The molecule has 0 radical (unpaired) electrons. The molecule has 1 aliphatic heterocycles. The quantitative estimate of drug-likeness (QED) is 0.924. The lowest BCUT2D eigenvalue weighted by atomic mass is 10.0. The standard InChI is InChI=1S/C16H22N2S/c1-12-6-4-5-9-18(12)11-14-13-7-2-3-8-15(13)19-16(14)10-17/h2-3,7-8,12H,4-6,9-11,17H2,1H3. The molecule has 102 valence electrons. The fourth-order valence-electron chi connectivity index (χ4n) is 3.08.